The molecule has 0 spiro atoms. The molecule has 0 aliphatic rings. The molecule has 2 N–H and O–H groups in total. The van der Waals surface area contributed by atoms with E-state index in [1.54, 1.807) is 42.5 Å². The van der Waals surface area contributed by atoms with Crippen molar-refractivity contribution >= 4 is 28.4 Å². The number of hydrogen-bond donors (Lipinski definition) is 2. The van der Waals surface area contributed by atoms with Crippen molar-refractivity contribution in [1.82, 2.24) is 15.4 Å². The number of hydrogen-bond acceptors (Lipinski definition) is 4. The Labute approximate surface area is 120 Å². The molecule has 6 nitrogen and oxygen atoms in total. The molecule has 21 heavy (non-hydrogen) atoms. The second-order valence-corrected chi connectivity index (χ2v) is 4.61. The smallest absolute Gasteiger partial charge is 0.255 e. The summed E-state index contributed by atoms with van der Waals surface area (Å²) in [5.74, 6) is -0.250. The standard InChI is InChI=1S/C15H12N4O2/c1-9(20)10-2-5-12(6-3-10)16-15(21)11-4-7-13-14(8-11)18-19-17-13/h2-8H,1H3,(H,16,21)(H,17,18,19). The normalized spacial score (nSPS) is 10.5. The van der Waals surface area contributed by atoms with Crippen molar-refractivity contribution < 1.29 is 9.59 Å². The number of anilines is 1. The Morgan fingerprint density at radius 2 is 1.62 bits per heavy atom. The molecule has 0 aliphatic heterocycles. The molecule has 6 heteroatoms. The number of H-pyrrole nitrogens is 1. The molecule has 3 rings (SSSR count). The Balaban J connectivity index is 1.80. The molecule has 3 aromatic rings. The SMILES string of the molecule is CC(=O)c1ccc(NC(=O)c2ccc3n[nH]nc3c2)cc1. The summed E-state index contributed by atoms with van der Waals surface area (Å²) >= 11 is 0. The molecule has 0 fully saturated rings. The molecule has 1 aromatic heterocycles. The summed E-state index contributed by atoms with van der Waals surface area (Å²) in [4.78, 5) is 23.4. The minimum atomic E-state index is -0.240. The van der Waals surface area contributed by atoms with Crippen LogP contribution in [0.4, 0.5) is 5.69 Å². The predicted octanol–water partition coefficient (Wildman–Crippen LogP) is 2.41. The molecular weight excluding hydrogens is 268 g/mol. The Hall–Kier alpha value is -3.02. The van der Waals surface area contributed by atoms with Gasteiger partial charge in [0.1, 0.15) is 11.0 Å². The number of amides is 1. The molecule has 1 amide bonds. The van der Waals surface area contributed by atoms with Crippen LogP contribution in [0, 0.1) is 0 Å². The van der Waals surface area contributed by atoms with Crippen LogP contribution in [0.15, 0.2) is 42.5 Å². The third kappa shape index (κ3) is 2.64. The van der Waals surface area contributed by atoms with E-state index in [9.17, 15) is 9.59 Å². The zero-order valence-corrected chi connectivity index (χ0v) is 11.3. The lowest BCUT2D eigenvalue weighted by Gasteiger charge is -2.05. The van der Waals surface area contributed by atoms with Crippen molar-refractivity contribution in [3.63, 3.8) is 0 Å². The fourth-order valence-corrected chi connectivity index (χ4v) is 1.97. The Morgan fingerprint density at radius 3 is 2.33 bits per heavy atom. The number of ketones is 1. The van der Waals surface area contributed by atoms with Gasteiger partial charge in [-0.1, -0.05) is 0 Å². The van der Waals surface area contributed by atoms with E-state index in [0.29, 0.717) is 27.8 Å². The number of carbonyl (C=O) groups excluding carboxylic acids is 2. The first-order valence-electron chi connectivity index (χ1n) is 6.36. The topological polar surface area (TPSA) is 87.7 Å². The third-order valence-corrected chi connectivity index (χ3v) is 3.13. The highest BCUT2D eigenvalue weighted by molar-refractivity contribution is 6.06. The molecule has 0 atom stereocenters. The number of carbonyl (C=O) groups is 2. The maximum absolute atomic E-state index is 12.2. The van der Waals surface area contributed by atoms with Crippen molar-refractivity contribution in [2.75, 3.05) is 5.32 Å². The van der Waals surface area contributed by atoms with Crippen LogP contribution in [0.5, 0.6) is 0 Å². The minimum absolute atomic E-state index is 0.00985. The largest absolute Gasteiger partial charge is 0.322 e. The summed E-state index contributed by atoms with van der Waals surface area (Å²) in [5.41, 5.74) is 3.07. The van der Waals surface area contributed by atoms with Gasteiger partial charge in [-0.3, -0.25) is 9.59 Å². The lowest BCUT2D eigenvalue weighted by Crippen LogP contribution is -2.11. The van der Waals surface area contributed by atoms with Gasteiger partial charge < -0.3 is 5.32 Å². The van der Waals surface area contributed by atoms with E-state index < -0.39 is 0 Å². The van der Waals surface area contributed by atoms with E-state index in [-0.39, 0.29) is 11.7 Å². The van der Waals surface area contributed by atoms with E-state index in [1.807, 2.05) is 0 Å². The summed E-state index contributed by atoms with van der Waals surface area (Å²) in [6.07, 6.45) is 0. The van der Waals surface area contributed by atoms with Crippen LogP contribution in [0.2, 0.25) is 0 Å². The number of benzene rings is 2. The monoisotopic (exact) mass is 280 g/mol. The lowest BCUT2D eigenvalue weighted by atomic mass is 10.1. The molecule has 0 unspecified atom stereocenters. The zero-order chi connectivity index (χ0) is 14.8. The maximum Gasteiger partial charge on any atom is 0.255 e. The van der Waals surface area contributed by atoms with E-state index in [4.69, 9.17) is 0 Å². The van der Waals surface area contributed by atoms with Crippen LogP contribution in [-0.4, -0.2) is 27.1 Å². The van der Waals surface area contributed by atoms with Gasteiger partial charge in [0, 0.05) is 16.8 Å². The number of nitrogens with one attached hydrogen (secondary N) is 2. The van der Waals surface area contributed by atoms with Crippen molar-refractivity contribution in [3.8, 4) is 0 Å². The predicted molar refractivity (Wildman–Crippen MR) is 78.3 cm³/mol. The Bertz CT molecular complexity index is 821. The van der Waals surface area contributed by atoms with Gasteiger partial charge in [0.2, 0.25) is 0 Å². The second kappa shape index (κ2) is 5.16. The van der Waals surface area contributed by atoms with Crippen molar-refractivity contribution in [1.29, 1.82) is 0 Å². The van der Waals surface area contributed by atoms with Crippen LogP contribution in [0.3, 0.4) is 0 Å². The first-order valence-corrected chi connectivity index (χ1v) is 6.36. The molecule has 1 heterocycles. The highest BCUT2D eigenvalue weighted by Gasteiger charge is 2.09. The molecular formula is C15H12N4O2. The Kier molecular flexibility index (Phi) is 3.19. The van der Waals surface area contributed by atoms with E-state index >= 15 is 0 Å². The van der Waals surface area contributed by atoms with Gasteiger partial charge >= 0.3 is 0 Å². The van der Waals surface area contributed by atoms with Gasteiger partial charge in [0.05, 0.1) is 0 Å². The summed E-state index contributed by atoms with van der Waals surface area (Å²) in [6, 6.07) is 11.8. The molecule has 0 saturated heterocycles. The van der Waals surface area contributed by atoms with Crippen molar-refractivity contribution in [3.05, 3.63) is 53.6 Å². The van der Waals surface area contributed by atoms with E-state index in [1.165, 1.54) is 6.92 Å². The van der Waals surface area contributed by atoms with Gasteiger partial charge in [-0.25, -0.2) is 0 Å². The number of nitrogens with zero attached hydrogens (tertiary/aromatic N) is 2. The summed E-state index contributed by atoms with van der Waals surface area (Å²) < 4.78 is 0. The fourth-order valence-electron chi connectivity index (χ4n) is 1.97. The summed E-state index contributed by atoms with van der Waals surface area (Å²) in [6.45, 7) is 1.50. The molecule has 0 aliphatic carbocycles. The maximum atomic E-state index is 12.2. The van der Waals surface area contributed by atoms with Crippen LogP contribution in [0.1, 0.15) is 27.6 Å². The van der Waals surface area contributed by atoms with Gasteiger partial charge in [0.25, 0.3) is 5.91 Å². The molecule has 0 bridgehead atoms. The summed E-state index contributed by atoms with van der Waals surface area (Å²) in [5, 5.41) is 13.2. The number of rotatable bonds is 3. The average Bonchev–Trinajstić information content (AvgIpc) is 2.95. The van der Waals surface area contributed by atoms with Gasteiger partial charge in [-0.2, -0.15) is 15.4 Å². The van der Waals surface area contributed by atoms with Crippen molar-refractivity contribution in [2.24, 2.45) is 0 Å². The van der Waals surface area contributed by atoms with E-state index in [2.05, 4.69) is 20.7 Å². The first-order chi connectivity index (χ1) is 10.1. The number of aromatic amines is 1. The summed E-state index contributed by atoms with van der Waals surface area (Å²) in [7, 11) is 0. The molecule has 0 saturated carbocycles. The van der Waals surface area contributed by atoms with Crippen LogP contribution < -0.4 is 5.32 Å². The Morgan fingerprint density at radius 1 is 0.952 bits per heavy atom. The lowest BCUT2D eigenvalue weighted by molar-refractivity contribution is 0.101. The zero-order valence-electron chi connectivity index (χ0n) is 11.3. The highest BCUT2D eigenvalue weighted by Crippen LogP contribution is 2.14. The van der Waals surface area contributed by atoms with Gasteiger partial charge in [-0.15, -0.1) is 0 Å². The van der Waals surface area contributed by atoms with Gasteiger partial charge in [-0.05, 0) is 49.4 Å². The molecule has 2 aromatic carbocycles. The van der Waals surface area contributed by atoms with E-state index in [0.717, 1.165) is 0 Å². The third-order valence-electron chi connectivity index (χ3n) is 3.13. The highest BCUT2D eigenvalue weighted by atomic mass is 16.1. The fraction of sp³-hybridized carbons (Fsp3) is 0.0667. The van der Waals surface area contributed by atoms with Crippen LogP contribution in [0.25, 0.3) is 11.0 Å². The first kappa shape index (κ1) is 13.0. The number of Topliss-reactive ketones (excluding diaryl/α,β-unsaturated/α-hetero) is 1. The van der Waals surface area contributed by atoms with Gasteiger partial charge in [0.15, 0.2) is 5.78 Å². The van der Waals surface area contributed by atoms with Crippen LogP contribution >= 0.6 is 0 Å². The molecule has 0 radical (unpaired) electrons. The minimum Gasteiger partial charge on any atom is -0.322 e. The number of fused-ring (bicyclic) bond motifs is 1. The molecule has 104 valence electrons. The average molecular weight is 280 g/mol. The second-order valence-electron chi connectivity index (χ2n) is 4.61. The van der Waals surface area contributed by atoms with Crippen molar-refractivity contribution in [2.45, 2.75) is 6.92 Å². The quantitative estimate of drug-likeness (QED) is 0.721. The number of aromatic nitrogens is 3. The van der Waals surface area contributed by atoms with Crippen LogP contribution in [-0.2, 0) is 0 Å².